The Hall–Kier alpha value is -3.61. The summed E-state index contributed by atoms with van der Waals surface area (Å²) in [6.07, 6.45) is 0.598. The molecule has 40 heavy (non-hydrogen) atoms. The molecule has 4 rings (SSSR count). The van der Waals surface area contributed by atoms with Gasteiger partial charge in [-0.25, -0.2) is 18.0 Å². The monoisotopic (exact) mass is 572 g/mol. The molecule has 0 saturated carbocycles. The van der Waals surface area contributed by atoms with Gasteiger partial charge in [-0.3, -0.25) is 9.80 Å². The minimum Gasteiger partial charge on any atom is -0.497 e. The molecule has 11 nitrogen and oxygen atoms in total. The lowest BCUT2D eigenvalue weighted by Gasteiger charge is -2.36. The molecule has 2 aliphatic heterocycles. The lowest BCUT2D eigenvalue weighted by atomic mass is 9.94. The summed E-state index contributed by atoms with van der Waals surface area (Å²) in [4.78, 5) is 30.3. The van der Waals surface area contributed by atoms with Gasteiger partial charge in [0.05, 0.1) is 37.3 Å². The van der Waals surface area contributed by atoms with Gasteiger partial charge in [0.2, 0.25) is 10.0 Å². The molecule has 0 bridgehead atoms. The van der Waals surface area contributed by atoms with Gasteiger partial charge in [0, 0.05) is 45.0 Å². The Kier molecular flexibility index (Phi) is 9.33. The highest BCUT2D eigenvalue weighted by molar-refractivity contribution is 7.89. The topological polar surface area (TPSA) is 118 Å². The van der Waals surface area contributed by atoms with Gasteiger partial charge in [0.1, 0.15) is 11.5 Å². The number of sulfonamides is 1. The van der Waals surface area contributed by atoms with Crippen LogP contribution >= 0.6 is 0 Å². The lowest BCUT2D eigenvalue weighted by Crippen LogP contribution is -2.49. The van der Waals surface area contributed by atoms with Crippen LogP contribution in [-0.4, -0.2) is 95.1 Å². The Bertz CT molecular complexity index is 1340. The maximum absolute atomic E-state index is 13.4. The summed E-state index contributed by atoms with van der Waals surface area (Å²) >= 11 is 0. The fourth-order valence-corrected chi connectivity index (χ4v) is 6.43. The van der Waals surface area contributed by atoms with Crippen LogP contribution < -0.4 is 14.8 Å². The number of carbonyl (C=O) groups is 2. The SMILES string of the molecule is CCOC(=O)C1=C(CN2CCCN(S(=O)(=O)c3ccccc3)CC2)N(C)C(=O)NC1c1cc(OC)cc(OC)c1. The van der Waals surface area contributed by atoms with E-state index in [4.69, 9.17) is 14.2 Å². The summed E-state index contributed by atoms with van der Waals surface area (Å²) in [5.74, 6) is 0.485. The number of carbonyl (C=O) groups excluding carboxylic acids is 2. The van der Waals surface area contributed by atoms with E-state index in [0.29, 0.717) is 54.4 Å². The maximum Gasteiger partial charge on any atom is 0.338 e. The largest absolute Gasteiger partial charge is 0.497 e. The summed E-state index contributed by atoms with van der Waals surface area (Å²) in [7, 11) is 1.03. The van der Waals surface area contributed by atoms with E-state index in [9.17, 15) is 18.0 Å². The van der Waals surface area contributed by atoms with Crippen molar-refractivity contribution in [2.75, 3.05) is 60.6 Å². The highest BCUT2D eigenvalue weighted by Crippen LogP contribution is 2.35. The van der Waals surface area contributed by atoms with Crippen LogP contribution in [0.5, 0.6) is 11.5 Å². The van der Waals surface area contributed by atoms with Crippen molar-refractivity contribution < 1.29 is 32.2 Å². The van der Waals surface area contributed by atoms with E-state index in [2.05, 4.69) is 10.2 Å². The van der Waals surface area contributed by atoms with Gasteiger partial charge in [-0.1, -0.05) is 18.2 Å². The minimum atomic E-state index is -3.63. The van der Waals surface area contributed by atoms with Crippen LogP contribution in [0.2, 0.25) is 0 Å². The number of urea groups is 1. The Morgan fingerprint density at radius 1 is 1.00 bits per heavy atom. The second kappa shape index (κ2) is 12.7. The van der Waals surface area contributed by atoms with Crippen LogP contribution in [0.15, 0.2) is 64.7 Å². The highest BCUT2D eigenvalue weighted by Gasteiger charge is 2.38. The minimum absolute atomic E-state index is 0.164. The van der Waals surface area contributed by atoms with E-state index >= 15 is 0 Å². The second-order valence-electron chi connectivity index (χ2n) is 9.52. The number of ether oxygens (including phenoxy) is 3. The van der Waals surface area contributed by atoms with Crippen LogP contribution in [0.4, 0.5) is 4.79 Å². The van der Waals surface area contributed by atoms with Gasteiger partial charge in [-0.15, -0.1) is 0 Å². The molecule has 216 valence electrons. The predicted octanol–water partition coefficient (Wildman–Crippen LogP) is 2.61. The number of esters is 1. The molecule has 0 aromatic heterocycles. The zero-order valence-corrected chi connectivity index (χ0v) is 24.1. The van der Waals surface area contributed by atoms with Gasteiger partial charge in [0.25, 0.3) is 0 Å². The number of hydrogen-bond donors (Lipinski definition) is 1. The number of benzene rings is 2. The molecule has 1 fully saturated rings. The molecule has 1 N–H and O–H groups in total. The van der Waals surface area contributed by atoms with E-state index in [1.165, 1.54) is 23.4 Å². The molecular weight excluding hydrogens is 536 g/mol. The molecule has 0 aliphatic carbocycles. The van der Waals surface area contributed by atoms with Crippen LogP contribution in [-0.2, 0) is 19.6 Å². The van der Waals surface area contributed by atoms with Crippen molar-refractivity contribution in [3.63, 3.8) is 0 Å². The summed E-state index contributed by atoms with van der Waals surface area (Å²) in [6, 6.07) is 12.4. The maximum atomic E-state index is 13.4. The normalized spacial score (nSPS) is 19.1. The van der Waals surface area contributed by atoms with E-state index in [0.717, 1.165) is 0 Å². The molecule has 0 radical (unpaired) electrons. The number of methoxy groups -OCH3 is 2. The fraction of sp³-hybridized carbons (Fsp3) is 0.429. The first-order chi connectivity index (χ1) is 19.2. The summed E-state index contributed by atoms with van der Waals surface area (Å²) in [5, 5.41) is 2.91. The van der Waals surface area contributed by atoms with Crippen LogP contribution in [0.25, 0.3) is 0 Å². The molecule has 2 aliphatic rings. The summed E-state index contributed by atoms with van der Waals surface area (Å²) < 4.78 is 44.2. The van der Waals surface area contributed by atoms with Gasteiger partial charge in [0.15, 0.2) is 0 Å². The van der Waals surface area contributed by atoms with Crippen molar-refractivity contribution >= 4 is 22.0 Å². The third kappa shape index (κ3) is 6.24. The quantitative estimate of drug-likeness (QED) is 0.456. The first-order valence-corrected chi connectivity index (χ1v) is 14.6. The van der Waals surface area contributed by atoms with E-state index in [-0.39, 0.29) is 30.6 Å². The highest BCUT2D eigenvalue weighted by atomic mass is 32.2. The van der Waals surface area contributed by atoms with Crippen LogP contribution in [0, 0.1) is 0 Å². The van der Waals surface area contributed by atoms with Crippen LogP contribution in [0.1, 0.15) is 24.9 Å². The number of rotatable bonds is 9. The smallest absolute Gasteiger partial charge is 0.338 e. The van der Waals surface area contributed by atoms with Gasteiger partial charge < -0.3 is 19.5 Å². The Balaban J connectivity index is 1.66. The number of amides is 2. The molecule has 12 heteroatoms. The van der Waals surface area contributed by atoms with Crippen molar-refractivity contribution in [2.45, 2.75) is 24.3 Å². The predicted molar refractivity (Wildman–Crippen MR) is 148 cm³/mol. The molecule has 2 aromatic rings. The first kappa shape index (κ1) is 29.4. The van der Waals surface area contributed by atoms with Crippen molar-refractivity contribution in [2.24, 2.45) is 0 Å². The Morgan fingerprint density at radius 2 is 1.68 bits per heavy atom. The van der Waals surface area contributed by atoms with Gasteiger partial charge >= 0.3 is 12.0 Å². The molecular formula is C28H36N4O7S. The van der Waals surface area contributed by atoms with E-state index in [1.54, 1.807) is 62.5 Å². The van der Waals surface area contributed by atoms with E-state index in [1.807, 2.05) is 0 Å². The summed E-state index contributed by atoms with van der Waals surface area (Å²) in [6.45, 7) is 3.83. The molecule has 2 heterocycles. The van der Waals surface area contributed by atoms with E-state index < -0.39 is 22.0 Å². The molecule has 1 saturated heterocycles. The standard InChI is InChI=1S/C28H36N4O7S/c1-5-39-27(33)25-24(30(2)28(34)29-26(25)20-16-21(37-3)18-22(17-20)38-4)19-31-12-9-13-32(15-14-31)40(35,36)23-10-7-6-8-11-23/h6-8,10-11,16-18,26H,5,9,12-15,19H2,1-4H3,(H,29,34). The van der Waals surface area contributed by atoms with Crippen molar-refractivity contribution in [3.05, 3.63) is 65.4 Å². The Morgan fingerprint density at radius 3 is 2.30 bits per heavy atom. The Labute approximate surface area is 235 Å². The first-order valence-electron chi connectivity index (χ1n) is 13.1. The van der Waals surface area contributed by atoms with Crippen molar-refractivity contribution in [1.82, 2.24) is 19.4 Å². The zero-order chi connectivity index (χ0) is 28.9. The third-order valence-electron chi connectivity index (χ3n) is 7.08. The lowest BCUT2D eigenvalue weighted by molar-refractivity contribution is -0.139. The van der Waals surface area contributed by atoms with Gasteiger partial charge in [-0.2, -0.15) is 4.31 Å². The number of hydrogen-bond acceptors (Lipinski definition) is 8. The zero-order valence-electron chi connectivity index (χ0n) is 23.3. The number of nitrogens with one attached hydrogen (secondary N) is 1. The molecule has 0 spiro atoms. The van der Waals surface area contributed by atoms with Crippen molar-refractivity contribution in [1.29, 1.82) is 0 Å². The second-order valence-corrected chi connectivity index (χ2v) is 11.5. The molecule has 2 amide bonds. The van der Waals surface area contributed by atoms with Crippen LogP contribution in [0.3, 0.4) is 0 Å². The fourth-order valence-electron chi connectivity index (χ4n) is 4.94. The molecule has 1 unspecified atom stereocenters. The van der Waals surface area contributed by atoms with Crippen molar-refractivity contribution in [3.8, 4) is 11.5 Å². The number of likely N-dealkylation sites (N-methyl/N-ethyl adjacent to an activating group) is 1. The molecule has 2 aromatic carbocycles. The average Bonchev–Trinajstić information content (AvgIpc) is 3.21. The van der Waals surface area contributed by atoms with Gasteiger partial charge in [-0.05, 0) is 49.7 Å². The molecule has 1 atom stereocenters. The number of nitrogens with zero attached hydrogens (tertiary/aromatic N) is 3. The average molecular weight is 573 g/mol. The third-order valence-corrected chi connectivity index (χ3v) is 8.99. The summed E-state index contributed by atoms with van der Waals surface area (Å²) in [5.41, 5.74) is 1.40.